The molecule has 0 heterocycles. The van der Waals surface area contributed by atoms with E-state index in [1.165, 1.54) is 0 Å². The Hall–Kier alpha value is 2.03. The van der Waals surface area contributed by atoms with Crippen molar-refractivity contribution in [3.63, 3.8) is 0 Å². The smallest absolute Gasteiger partial charge is 0.120 e. The van der Waals surface area contributed by atoms with Gasteiger partial charge in [0, 0.05) is 17.1 Å². The second-order valence-corrected chi connectivity index (χ2v) is 8.25. The molecule has 0 aromatic rings. The Morgan fingerprint density at radius 1 is 0.750 bits per heavy atom. The van der Waals surface area contributed by atoms with E-state index >= 15 is 0 Å². The largest absolute Gasteiger partial charge is 0.127 e. The Morgan fingerprint density at radius 3 is 1.31 bits per heavy atom. The molecular weight excluding hydrogens is 356 g/mol. The molecule has 0 aliphatic carbocycles. The second kappa shape index (κ2) is 8.25. The zero-order chi connectivity index (χ0) is 12.8. The average molecular weight is 369 g/mol. The number of halogens is 7. The van der Waals surface area contributed by atoms with Crippen LogP contribution in [0.3, 0.4) is 0 Å². The highest BCUT2D eigenvalue weighted by Crippen LogP contribution is 2.39. The molecule has 7 heteroatoms. The molecule has 98 valence electrons. The number of hydrogen-bond donors (Lipinski definition) is 0. The highest BCUT2D eigenvalue weighted by molar-refractivity contribution is 6.50. The van der Waals surface area contributed by atoms with Crippen molar-refractivity contribution in [2.45, 2.75) is 39.7 Å². The van der Waals surface area contributed by atoms with Crippen LogP contribution in [0.15, 0.2) is 0 Å². The van der Waals surface area contributed by atoms with Crippen LogP contribution in [-0.4, -0.2) is 25.8 Å². The number of rotatable bonds is 8. The van der Waals surface area contributed by atoms with Crippen molar-refractivity contribution in [2.75, 3.05) is 11.8 Å². The van der Waals surface area contributed by atoms with Crippen LogP contribution < -0.4 is 0 Å². The Kier molecular flexibility index (Phi) is 9.30. The maximum absolute atomic E-state index is 6.10. The molecule has 0 atom stereocenters. The predicted molar refractivity (Wildman–Crippen MR) is 78.4 cm³/mol. The van der Waals surface area contributed by atoms with Crippen LogP contribution in [0.1, 0.15) is 25.7 Å². The summed E-state index contributed by atoms with van der Waals surface area (Å²) >= 11 is 41.3. The highest BCUT2D eigenvalue weighted by atomic mass is 35.5. The van der Waals surface area contributed by atoms with E-state index in [0.29, 0.717) is 37.4 Å². The predicted octanol–water partition coefficient (Wildman–Crippen LogP) is 5.98. The lowest BCUT2D eigenvalue weighted by atomic mass is 10.1. The minimum atomic E-state index is -0.932. The van der Waals surface area contributed by atoms with Crippen molar-refractivity contribution >= 4 is 81.2 Å². The molecule has 0 rings (SSSR count). The first-order valence-corrected chi connectivity index (χ1v) is 7.76. The number of alkyl halides is 7. The summed E-state index contributed by atoms with van der Waals surface area (Å²) in [5, 5.41) is -0.309. The van der Waals surface area contributed by atoms with Crippen LogP contribution in [0.4, 0.5) is 0 Å². The highest BCUT2D eigenvalue weighted by Gasteiger charge is 2.32. The molecule has 0 fully saturated rings. The van der Waals surface area contributed by atoms with Crippen molar-refractivity contribution in [1.82, 2.24) is 0 Å². The standard InChI is InChI=1S/C9H13Cl7/c10-3-1-8(13,14)5-7(12)6-9(15,16)2-4-11/h7H,1-6H2. The van der Waals surface area contributed by atoms with E-state index in [1.807, 2.05) is 0 Å². The molecule has 0 saturated heterocycles. The molecule has 16 heavy (non-hydrogen) atoms. The summed E-state index contributed by atoms with van der Waals surface area (Å²) in [4.78, 5) is 0. The molecule has 0 N–H and O–H groups in total. The third-order valence-electron chi connectivity index (χ3n) is 1.96. The first kappa shape index (κ1) is 18.0. The van der Waals surface area contributed by atoms with Gasteiger partial charge >= 0.3 is 0 Å². The topological polar surface area (TPSA) is 0 Å². The Morgan fingerprint density at radius 2 is 1.06 bits per heavy atom. The first-order valence-electron chi connectivity index (χ1n) is 4.74. The fraction of sp³-hybridized carbons (Fsp3) is 1.00. The van der Waals surface area contributed by atoms with Gasteiger partial charge in [0.2, 0.25) is 0 Å². The molecule has 0 unspecified atom stereocenters. The van der Waals surface area contributed by atoms with E-state index in [4.69, 9.17) is 81.2 Å². The van der Waals surface area contributed by atoms with E-state index in [9.17, 15) is 0 Å². The van der Waals surface area contributed by atoms with Crippen molar-refractivity contribution in [3.8, 4) is 0 Å². The van der Waals surface area contributed by atoms with Crippen molar-refractivity contribution < 1.29 is 0 Å². The maximum Gasteiger partial charge on any atom is 0.120 e. The molecule has 0 spiro atoms. The average Bonchev–Trinajstić information content (AvgIpc) is 1.99. The van der Waals surface area contributed by atoms with Gasteiger partial charge in [-0.1, -0.05) is 0 Å². The van der Waals surface area contributed by atoms with Gasteiger partial charge in [0.05, 0.1) is 0 Å². The molecule has 0 aromatic carbocycles. The fourth-order valence-corrected chi connectivity index (χ4v) is 4.20. The second-order valence-electron chi connectivity index (χ2n) is 3.60. The van der Waals surface area contributed by atoms with Crippen molar-refractivity contribution in [3.05, 3.63) is 0 Å². The van der Waals surface area contributed by atoms with E-state index in [-0.39, 0.29) is 5.38 Å². The summed E-state index contributed by atoms with van der Waals surface area (Å²) in [6.45, 7) is 0. The summed E-state index contributed by atoms with van der Waals surface area (Å²) < 4.78 is -1.86. The summed E-state index contributed by atoms with van der Waals surface area (Å²) in [5.41, 5.74) is 0. The van der Waals surface area contributed by atoms with Crippen LogP contribution >= 0.6 is 81.2 Å². The fourth-order valence-electron chi connectivity index (χ4n) is 1.20. The molecule has 0 saturated carbocycles. The molecule has 0 amide bonds. The lowest BCUT2D eigenvalue weighted by Crippen LogP contribution is -2.25. The third kappa shape index (κ3) is 9.03. The summed E-state index contributed by atoms with van der Waals surface area (Å²) in [6, 6.07) is 0. The van der Waals surface area contributed by atoms with Crippen LogP contribution in [0.2, 0.25) is 0 Å². The van der Waals surface area contributed by atoms with Crippen molar-refractivity contribution in [1.29, 1.82) is 0 Å². The summed E-state index contributed by atoms with van der Waals surface area (Å²) in [5.74, 6) is 0.760. The van der Waals surface area contributed by atoms with Gasteiger partial charge in [0.25, 0.3) is 0 Å². The van der Waals surface area contributed by atoms with Gasteiger partial charge in [-0.3, -0.25) is 0 Å². The van der Waals surface area contributed by atoms with Crippen LogP contribution in [0.25, 0.3) is 0 Å². The van der Waals surface area contributed by atoms with E-state index < -0.39 is 8.67 Å². The lowest BCUT2D eigenvalue weighted by molar-refractivity contribution is 0.570. The van der Waals surface area contributed by atoms with Crippen LogP contribution in [-0.2, 0) is 0 Å². The molecule has 0 nitrogen and oxygen atoms in total. The van der Waals surface area contributed by atoms with Gasteiger partial charge in [-0.25, -0.2) is 0 Å². The van der Waals surface area contributed by atoms with Gasteiger partial charge in [0.15, 0.2) is 0 Å². The van der Waals surface area contributed by atoms with Gasteiger partial charge < -0.3 is 0 Å². The summed E-state index contributed by atoms with van der Waals surface area (Å²) in [6.07, 6.45) is 1.70. The lowest BCUT2D eigenvalue weighted by Gasteiger charge is -2.26. The van der Waals surface area contributed by atoms with E-state index in [0.717, 1.165) is 0 Å². The monoisotopic (exact) mass is 366 g/mol. The Labute approximate surface area is 132 Å². The van der Waals surface area contributed by atoms with Gasteiger partial charge in [-0.05, 0) is 25.7 Å². The van der Waals surface area contributed by atoms with Gasteiger partial charge in [0.1, 0.15) is 8.67 Å². The number of hydrogen-bond acceptors (Lipinski definition) is 0. The van der Waals surface area contributed by atoms with Gasteiger partial charge in [-0.15, -0.1) is 81.2 Å². The Balaban J connectivity index is 4.11. The molecule has 0 aromatic heterocycles. The molecule has 0 radical (unpaired) electrons. The molecule has 0 aliphatic rings. The normalized spacial score (nSPS) is 13.5. The minimum absolute atomic E-state index is 0.309. The van der Waals surface area contributed by atoms with Gasteiger partial charge in [-0.2, -0.15) is 0 Å². The minimum Gasteiger partial charge on any atom is -0.127 e. The maximum atomic E-state index is 6.10. The van der Waals surface area contributed by atoms with Crippen LogP contribution in [0, 0.1) is 0 Å². The molecule has 0 bridgehead atoms. The SMILES string of the molecule is ClCCC(Cl)(Cl)CC(Cl)CC(Cl)(Cl)CCCl. The zero-order valence-corrected chi connectivity index (χ0v) is 13.8. The molecule has 0 aliphatic heterocycles. The quantitative estimate of drug-likeness (QED) is 0.462. The van der Waals surface area contributed by atoms with Crippen LogP contribution in [0.5, 0.6) is 0 Å². The first-order chi connectivity index (χ1) is 7.22. The van der Waals surface area contributed by atoms with E-state index in [1.54, 1.807) is 0 Å². The Bertz CT molecular complexity index is 172. The third-order valence-corrected chi connectivity index (χ3v) is 4.02. The zero-order valence-electron chi connectivity index (χ0n) is 8.47. The molecular formula is C9H13Cl7. The van der Waals surface area contributed by atoms with Crippen molar-refractivity contribution in [2.24, 2.45) is 0 Å². The van der Waals surface area contributed by atoms with E-state index in [2.05, 4.69) is 0 Å². The summed E-state index contributed by atoms with van der Waals surface area (Å²) in [7, 11) is 0.